The Kier molecular flexibility index (Phi) is 23.1. The Morgan fingerprint density at radius 2 is 0.559 bits per heavy atom. The van der Waals surface area contributed by atoms with E-state index in [0.29, 0.717) is 60.1 Å². The zero-order valence-corrected chi connectivity index (χ0v) is 80.9. The van der Waals surface area contributed by atoms with E-state index in [4.69, 9.17) is 17.8 Å². The van der Waals surface area contributed by atoms with E-state index in [-0.39, 0.29) is 36.6 Å². The summed E-state index contributed by atoms with van der Waals surface area (Å²) < 4.78 is 122. The largest absolute Gasteiger partial charge is 0.220 e. The summed E-state index contributed by atoms with van der Waals surface area (Å²) in [5.41, 5.74) is 33.9. The molecule has 4 fully saturated rings. The molecule has 0 amide bonds. The maximum atomic E-state index is 8.80. The first-order valence-corrected chi connectivity index (χ1v) is 47.4. The molecule has 0 bridgehead atoms. The molecule has 15 aromatic rings. The fraction of sp³-hybridized carbons (Fsp3) is 0.385. The Balaban J connectivity index is 0.000000132. The minimum atomic E-state index is 0.173. The van der Waals surface area contributed by atoms with Crippen molar-refractivity contribution in [2.75, 3.05) is 0 Å². The van der Waals surface area contributed by atoms with Crippen molar-refractivity contribution in [2.45, 2.75) is 265 Å². The molecule has 4 aliphatic rings. The average Bonchev–Trinajstić information content (AvgIpc) is 0.897. The molecule has 0 atom stereocenters. The Morgan fingerprint density at radius 3 is 0.898 bits per heavy atom. The van der Waals surface area contributed by atoms with Crippen LogP contribution in [0.2, 0.25) is 0 Å². The van der Waals surface area contributed by atoms with E-state index in [9.17, 15) is 0 Å². The van der Waals surface area contributed by atoms with Crippen LogP contribution in [0, 0.1) is 130 Å². The van der Waals surface area contributed by atoms with Crippen LogP contribution in [0.25, 0.3) is 110 Å². The van der Waals surface area contributed by atoms with Crippen molar-refractivity contribution in [3.8, 4) is 56.3 Å². The number of aryl methyl sites for hydroxylation is 10. The molecule has 0 unspecified atom stereocenters. The number of hydrogen-bond donors (Lipinski definition) is 0. The predicted octanol–water partition coefficient (Wildman–Crippen LogP) is 29.8. The van der Waals surface area contributed by atoms with Crippen LogP contribution < -0.4 is 22.8 Å². The normalized spacial score (nSPS) is 15.9. The Bertz CT molecular complexity index is 7000. The van der Waals surface area contributed by atoms with Crippen molar-refractivity contribution in [3.63, 3.8) is 0 Å². The van der Waals surface area contributed by atoms with Gasteiger partial charge in [0.15, 0.2) is 29.9 Å². The molecule has 0 spiro atoms. The summed E-state index contributed by atoms with van der Waals surface area (Å²) in [4.78, 5) is 0. The molecule has 654 valence electrons. The summed E-state index contributed by atoms with van der Waals surface area (Å²) in [5, 5.41) is 9.51. The second kappa shape index (κ2) is 39.1. The fourth-order valence-corrected chi connectivity index (χ4v) is 21.0. The minimum Gasteiger partial charge on any atom is -0.200 e. The molecular weight excluding hydrogens is 1540 g/mol. The quantitative estimate of drug-likeness (QED) is 0.109. The van der Waals surface area contributed by atoms with Crippen LogP contribution in [0.4, 0.5) is 0 Å². The van der Waals surface area contributed by atoms with Gasteiger partial charge in [0.05, 0.1) is 68.5 Å². The van der Waals surface area contributed by atoms with Crippen molar-refractivity contribution in [2.24, 2.45) is 47.1 Å². The van der Waals surface area contributed by atoms with E-state index >= 15 is 0 Å². The van der Waals surface area contributed by atoms with Crippen LogP contribution in [-0.2, 0) is 48.1 Å². The molecule has 0 aliphatic heterocycles. The first kappa shape index (κ1) is 75.2. The molecule has 127 heavy (non-hydrogen) atoms. The lowest BCUT2D eigenvalue weighted by atomic mass is 9.91. The van der Waals surface area contributed by atoms with E-state index in [1.54, 1.807) is 13.7 Å². The zero-order chi connectivity index (χ0) is 101. The second-order valence-electron chi connectivity index (χ2n) is 38.8. The van der Waals surface area contributed by atoms with Gasteiger partial charge in [0, 0.05) is 44.1 Å². The predicted molar refractivity (Wildman–Crippen MR) is 541 cm³/mol. The van der Waals surface area contributed by atoms with Crippen molar-refractivity contribution < 1.29 is 40.7 Å². The first-order chi connectivity index (χ1) is 66.3. The van der Waals surface area contributed by atoms with Gasteiger partial charge >= 0.3 is 0 Å². The molecular formula is C122H146N5+5. The van der Waals surface area contributed by atoms with Crippen molar-refractivity contribution in [3.05, 3.63) is 323 Å². The van der Waals surface area contributed by atoms with Gasteiger partial charge in [0.1, 0.15) is 39.4 Å². The maximum Gasteiger partial charge on any atom is 0.220 e. The van der Waals surface area contributed by atoms with Crippen LogP contribution in [0.3, 0.4) is 0 Å². The molecule has 10 aromatic carbocycles. The molecule has 0 saturated heterocycles. The number of benzene rings is 10. The highest BCUT2D eigenvalue weighted by Gasteiger charge is 2.29. The number of fused-ring (bicyclic) bond motifs is 5. The van der Waals surface area contributed by atoms with E-state index in [1.165, 1.54) is 136 Å². The monoisotopic (exact) mass is 1690 g/mol. The molecule has 5 heterocycles. The number of nitrogens with zero attached hydrogens (tertiary/aromatic N) is 5. The number of pyridine rings is 5. The van der Waals surface area contributed by atoms with E-state index < -0.39 is 0 Å². The third kappa shape index (κ3) is 19.8. The molecule has 4 aliphatic carbocycles. The average molecular weight is 1700 g/mol. The van der Waals surface area contributed by atoms with E-state index in [1.807, 2.05) is 109 Å². The van der Waals surface area contributed by atoms with Crippen LogP contribution in [0.5, 0.6) is 0 Å². The standard InChI is InChI=1S/C26H32N.2C25H30N.C24H28N.C22H26N/c1-17-12-18(2)20(4)25(13-17)26-24-11-10-22(15-21-8-6-7-9-21)16-23(24)14-19(3)27(26)5;1-16-12-17(2)19(4)24(13-16)25-23-11-10-21(20-8-6-7-9-20)15-22(23)14-18(3)26(25)5;1-17-13-18(2)19(3)24(14-17)25-23-10-9-21(15-20-7-5-6-8-20)16-22(23)11-12-26(25)4;1-16-13-17(2)18(3)23(14-16)24-22-10-9-20(19-7-5-6-8-19)15-21(22)11-12-25(24)4;1-14(2)18-7-8-20-19(13-18)9-10-23(6)22(20)21-12-15(3)11-16(4)17(21)5/h10-14,16,21H,6-9,15H2,1-5H3;10-15,20H,6-9H2,1-5H3;9-14,16,20H,5-8,15H2,1-4H3;9-15,19H,5-8H2,1-4H3;7-14H,1-6H3/q5*+1/i2*13D,14D;2*11D,12D,14D;9D,10D,12D. The van der Waals surface area contributed by atoms with Crippen molar-refractivity contribution in [1.82, 2.24) is 0 Å². The second-order valence-corrected chi connectivity index (χ2v) is 38.8. The third-order valence-electron chi connectivity index (χ3n) is 29.1. The Labute approximate surface area is 781 Å². The first-order valence-electron chi connectivity index (χ1n) is 53.9. The third-order valence-corrected chi connectivity index (χ3v) is 29.1. The lowest BCUT2D eigenvalue weighted by molar-refractivity contribution is -0.665. The molecule has 4 saturated carbocycles. The maximum absolute atomic E-state index is 8.80. The molecule has 0 N–H and O–H groups in total. The van der Waals surface area contributed by atoms with Crippen molar-refractivity contribution in [1.29, 1.82) is 0 Å². The van der Waals surface area contributed by atoms with Gasteiger partial charge in [0.25, 0.3) is 0 Å². The summed E-state index contributed by atoms with van der Waals surface area (Å²) in [6, 6.07) is 47.5. The van der Waals surface area contributed by atoms with Gasteiger partial charge in [-0.25, -0.2) is 13.7 Å². The summed E-state index contributed by atoms with van der Waals surface area (Å²) in [6.45, 7) is 39.1. The van der Waals surface area contributed by atoms with Gasteiger partial charge in [-0.1, -0.05) is 210 Å². The highest BCUT2D eigenvalue weighted by molar-refractivity contribution is 5.99. The highest BCUT2D eigenvalue weighted by atomic mass is 15.0. The van der Waals surface area contributed by atoms with Gasteiger partial charge < -0.3 is 0 Å². The fourth-order valence-electron chi connectivity index (χ4n) is 21.0. The SMILES string of the molecule is [2H]c1c(C)cc(C)c(C)c1-c1c2ccc(C(C)C)cc2c([2H])c([2H])[n+]1C.[2H]c1c(C)cc(C)c(C)c1-c1c2ccc(C3CCCC3)cc2c([2H])c(C)[n+]1C.[2H]c1c(C)cc(C)c(C)c1-c1c2ccc(C3CCCC3)cc2c([2H])c([2H])[n+]1C.[2H]c1c(C)cc(C)c(C)c1-c1c2ccc(CC3CCCC3)cc2c([2H])c(C)[n+]1C.[2H]c1c(C)cc(C)c(C)c1-c1c2ccc(CC3CCCC3)cc2c([2H])c([2H])[n+]1C. The van der Waals surface area contributed by atoms with Crippen LogP contribution in [-0.4, -0.2) is 0 Å². The minimum absolute atomic E-state index is 0.173. The molecule has 5 heteroatoms. The summed E-state index contributed by atoms with van der Waals surface area (Å²) in [5.74, 6) is 3.11. The van der Waals surface area contributed by atoms with Crippen LogP contribution in [0.1, 0.15) is 275 Å². The van der Waals surface area contributed by atoms with E-state index in [2.05, 4.69) is 188 Å². The van der Waals surface area contributed by atoms with Gasteiger partial charge in [0.2, 0.25) is 28.5 Å². The number of hydrogen-bond acceptors (Lipinski definition) is 0. The van der Waals surface area contributed by atoms with Gasteiger partial charge in [-0.2, -0.15) is 9.13 Å². The summed E-state index contributed by atoms with van der Waals surface area (Å²) >= 11 is 0. The molecule has 19 rings (SSSR count). The summed E-state index contributed by atoms with van der Waals surface area (Å²) in [6.07, 6.45) is 23.5. The van der Waals surface area contributed by atoms with E-state index in [0.717, 1.165) is 224 Å². The molecule has 0 radical (unpaired) electrons. The summed E-state index contributed by atoms with van der Waals surface area (Å²) in [7, 11) is 9.57. The van der Waals surface area contributed by atoms with Crippen molar-refractivity contribution >= 4 is 53.9 Å². The zero-order valence-electron chi connectivity index (χ0n) is 93.9. The Morgan fingerprint density at radius 1 is 0.291 bits per heavy atom. The van der Waals surface area contributed by atoms with Crippen LogP contribution in [0.15, 0.2) is 200 Å². The highest BCUT2D eigenvalue weighted by Crippen LogP contribution is 2.43. The van der Waals surface area contributed by atoms with Crippen LogP contribution >= 0.6 is 0 Å². The number of aromatic nitrogens is 5. The van der Waals surface area contributed by atoms with Gasteiger partial charge in [-0.15, -0.1) is 0 Å². The molecule has 5 nitrogen and oxygen atoms in total. The lowest BCUT2D eigenvalue weighted by Gasteiger charge is -2.15. The number of rotatable bonds is 12. The topological polar surface area (TPSA) is 19.4 Å². The lowest BCUT2D eigenvalue weighted by Crippen LogP contribution is -2.35. The van der Waals surface area contributed by atoms with Gasteiger partial charge in [-0.05, 0) is 343 Å². The smallest absolute Gasteiger partial charge is 0.200 e. The Hall–Kier alpha value is -10.8. The van der Waals surface area contributed by atoms with Gasteiger partial charge in [-0.3, -0.25) is 0 Å². The molecule has 5 aromatic heterocycles.